The summed E-state index contributed by atoms with van der Waals surface area (Å²) in [6.07, 6.45) is 6.99. The maximum Gasteiger partial charge on any atom is 0.0787 e. The Morgan fingerprint density at radius 1 is 1.38 bits per heavy atom. The van der Waals surface area contributed by atoms with Gasteiger partial charge in [0.25, 0.3) is 0 Å². The van der Waals surface area contributed by atoms with E-state index in [0.717, 1.165) is 6.54 Å². The quantitative estimate of drug-likeness (QED) is 0.830. The van der Waals surface area contributed by atoms with Crippen molar-refractivity contribution in [2.24, 2.45) is 13.0 Å². The van der Waals surface area contributed by atoms with E-state index in [4.69, 9.17) is 0 Å². The van der Waals surface area contributed by atoms with Crippen molar-refractivity contribution in [2.45, 2.75) is 45.1 Å². The lowest BCUT2D eigenvalue weighted by Crippen LogP contribution is -2.47. The molecule has 0 aliphatic carbocycles. The van der Waals surface area contributed by atoms with Crippen LogP contribution in [0.4, 0.5) is 0 Å². The van der Waals surface area contributed by atoms with Crippen LogP contribution in [0.25, 0.3) is 0 Å². The van der Waals surface area contributed by atoms with Gasteiger partial charge in [0.2, 0.25) is 0 Å². The molecule has 0 saturated carbocycles. The summed E-state index contributed by atoms with van der Waals surface area (Å²) in [6.45, 7) is 5.67. The molecule has 1 N–H and O–H groups in total. The zero-order valence-corrected chi connectivity index (χ0v) is 10.5. The second kappa shape index (κ2) is 4.53. The van der Waals surface area contributed by atoms with Crippen molar-refractivity contribution in [2.75, 3.05) is 6.54 Å². The summed E-state index contributed by atoms with van der Waals surface area (Å²) in [5, 5.41) is 11.8. The molecule has 1 fully saturated rings. The highest BCUT2D eigenvalue weighted by molar-refractivity contribution is 5.14. The van der Waals surface area contributed by atoms with E-state index in [9.17, 15) is 0 Å². The largest absolute Gasteiger partial charge is 0.306 e. The van der Waals surface area contributed by atoms with Crippen molar-refractivity contribution >= 4 is 0 Å². The smallest absolute Gasteiger partial charge is 0.0787 e. The van der Waals surface area contributed by atoms with E-state index >= 15 is 0 Å². The molecule has 1 aromatic rings. The summed E-state index contributed by atoms with van der Waals surface area (Å²) in [5.41, 5.74) is 1.29. The molecule has 1 unspecified atom stereocenters. The summed E-state index contributed by atoms with van der Waals surface area (Å²) >= 11 is 0. The van der Waals surface area contributed by atoms with Gasteiger partial charge in [0.1, 0.15) is 0 Å². The van der Waals surface area contributed by atoms with Gasteiger partial charge in [-0.2, -0.15) is 0 Å². The van der Waals surface area contributed by atoms with Crippen LogP contribution in [-0.4, -0.2) is 21.5 Å². The topological polar surface area (TPSA) is 42.7 Å². The summed E-state index contributed by atoms with van der Waals surface area (Å²) in [5.74, 6) is 0.558. The molecule has 1 aromatic heterocycles. The van der Waals surface area contributed by atoms with Crippen LogP contribution in [0.3, 0.4) is 0 Å². The zero-order chi connectivity index (χ0) is 11.6. The molecule has 0 aromatic carbocycles. The Labute approximate surface area is 97.4 Å². The van der Waals surface area contributed by atoms with Crippen molar-refractivity contribution < 1.29 is 0 Å². The summed E-state index contributed by atoms with van der Waals surface area (Å²) in [6, 6.07) is 0. The highest BCUT2D eigenvalue weighted by atomic mass is 15.4. The molecule has 1 atom stereocenters. The minimum absolute atomic E-state index is 0.0642. The maximum absolute atomic E-state index is 4.08. The first-order chi connectivity index (χ1) is 7.67. The van der Waals surface area contributed by atoms with Crippen LogP contribution in [0.15, 0.2) is 6.20 Å². The van der Waals surface area contributed by atoms with Crippen molar-refractivity contribution in [1.82, 2.24) is 20.3 Å². The van der Waals surface area contributed by atoms with E-state index in [-0.39, 0.29) is 5.54 Å². The zero-order valence-electron chi connectivity index (χ0n) is 10.5. The molecule has 2 heterocycles. The monoisotopic (exact) mass is 222 g/mol. The van der Waals surface area contributed by atoms with Crippen molar-refractivity contribution in [3.05, 3.63) is 11.9 Å². The van der Waals surface area contributed by atoms with Crippen molar-refractivity contribution in [1.29, 1.82) is 0 Å². The maximum atomic E-state index is 4.08. The molecule has 16 heavy (non-hydrogen) atoms. The lowest BCUT2D eigenvalue weighted by molar-refractivity contribution is 0.216. The fourth-order valence-corrected chi connectivity index (χ4v) is 2.81. The molecular weight excluding hydrogens is 200 g/mol. The fraction of sp³-hybridized carbons (Fsp3) is 0.833. The van der Waals surface area contributed by atoms with Crippen molar-refractivity contribution in [3.63, 3.8) is 0 Å². The van der Waals surface area contributed by atoms with Crippen molar-refractivity contribution in [3.8, 4) is 0 Å². The van der Waals surface area contributed by atoms with Gasteiger partial charge >= 0.3 is 0 Å². The molecule has 4 heteroatoms. The Kier molecular flexibility index (Phi) is 3.28. The highest BCUT2D eigenvalue weighted by Crippen LogP contribution is 2.35. The lowest BCUT2D eigenvalue weighted by Gasteiger charge is -2.37. The van der Waals surface area contributed by atoms with E-state index in [2.05, 4.69) is 29.5 Å². The van der Waals surface area contributed by atoms with E-state index in [0.29, 0.717) is 5.92 Å². The van der Waals surface area contributed by atoms with Gasteiger partial charge in [0.05, 0.1) is 17.4 Å². The molecule has 0 bridgehead atoms. The van der Waals surface area contributed by atoms with Gasteiger partial charge in [0, 0.05) is 7.05 Å². The van der Waals surface area contributed by atoms with Gasteiger partial charge in [-0.3, -0.25) is 4.68 Å². The summed E-state index contributed by atoms with van der Waals surface area (Å²) < 4.78 is 1.92. The number of rotatable bonds is 2. The summed E-state index contributed by atoms with van der Waals surface area (Å²) in [7, 11) is 1.99. The molecule has 90 valence electrons. The van der Waals surface area contributed by atoms with Gasteiger partial charge in [-0.15, -0.1) is 5.10 Å². The first-order valence-electron chi connectivity index (χ1n) is 6.27. The SMILES string of the molecule is CC(C)C1(c2cnnn2C)CCCCCN1. The number of aryl methyl sites for hydroxylation is 1. The third-order valence-corrected chi connectivity index (χ3v) is 3.85. The Bertz CT molecular complexity index is 335. The molecule has 0 amide bonds. The van der Waals surface area contributed by atoms with Crippen LogP contribution in [0.1, 0.15) is 45.2 Å². The standard InChI is InChI=1S/C12H22N4/c1-10(2)12(7-5-4-6-8-13-12)11-9-14-15-16(11)3/h9-10,13H,4-8H2,1-3H3. The van der Waals surface area contributed by atoms with Gasteiger partial charge < -0.3 is 5.32 Å². The predicted molar refractivity (Wildman–Crippen MR) is 64.0 cm³/mol. The van der Waals surface area contributed by atoms with Crippen LogP contribution in [0, 0.1) is 5.92 Å². The minimum atomic E-state index is 0.0642. The van der Waals surface area contributed by atoms with E-state index < -0.39 is 0 Å². The molecule has 4 nitrogen and oxygen atoms in total. The molecule has 1 saturated heterocycles. The van der Waals surface area contributed by atoms with Gasteiger partial charge in [-0.1, -0.05) is 31.9 Å². The number of nitrogens with zero attached hydrogens (tertiary/aromatic N) is 3. The molecule has 0 spiro atoms. The first-order valence-corrected chi connectivity index (χ1v) is 6.27. The third kappa shape index (κ3) is 1.86. The van der Waals surface area contributed by atoms with Crippen LogP contribution < -0.4 is 5.32 Å². The van der Waals surface area contributed by atoms with Crippen LogP contribution in [-0.2, 0) is 12.6 Å². The van der Waals surface area contributed by atoms with Gasteiger partial charge in [0.15, 0.2) is 0 Å². The Morgan fingerprint density at radius 3 is 2.81 bits per heavy atom. The predicted octanol–water partition coefficient (Wildman–Crippen LogP) is 1.83. The third-order valence-electron chi connectivity index (χ3n) is 3.85. The lowest BCUT2D eigenvalue weighted by atomic mass is 9.80. The van der Waals surface area contributed by atoms with E-state index in [1.165, 1.54) is 31.4 Å². The molecular formula is C12H22N4. The Morgan fingerprint density at radius 2 is 2.19 bits per heavy atom. The van der Waals surface area contributed by atoms with Gasteiger partial charge in [-0.25, -0.2) is 0 Å². The Balaban J connectivity index is 2.38. The Hall–Kier alpha value is -0.900. The number of nitrogens with one attached hydrogen (secondary N) is 1. The average molecular weight is 222 g/mol. The molecule has 2 rings (SSSR count). The van der Waals surface area contributed by atoms with Crippen LogP contribution in [0.2, 0.25) is 0 Å². The molecule has 0 radical (unpaired) electrons. The van der Waals surface area contributed by atoms with E-state index in [1.54, 1.807) is 0 Å². The first kappa shape index (κ1) is 11.6. The average Bonchev–Trinajstić information content (AvgIpc) is 2.55. The molecule has 1 aliphatic rings. The highest BCUT2D eigenvalue weighted by Gasteiger charge is 2.38. The summed E-state index contributed by atoms with van der Waals surface area (Å²) in [4.78, 5) is 0. The number of hydrogen-bond acceptors (Lipinski definition) is 3. The fourth-order valence-electron chi connectivity index (χ4n) is 2.81. The second-order valence-corrected chi connectivity index (χ2v) is 5.11. The normalized spacial score (nSPS) is 27.0. The minimum Gasteiger partial charge on any atom is -0.306 e. The van der Waals surface area contributed by atoms with E-state index in [1.807, 2.05) is 17.9 Å². The number of aromatic nitrogens is 3. The van der Waals surface area contributed by atoms with Gasteiger partial charge in [-0.05, 0) is 25.3 Å². The van der Waals surface area contributed by atoms with Crippen LogP contribution >= 0.6 is 0 Å². The second-order valence-electron chi connectivity index (χ2n) is 5.11. The number of hydrogen-bond donors (Lipinski definition) is 1. The molecule has 1 aliphatic heterocycles. The van der Waals surface area contributed by atoms with Crippen LogP contribution in [0.5, 0.6) is 0 Å².